The molecule has 0 amide bonds. The lowest BCUT2D eigenvalue weighted by molar-refractivity contribution is 0.0535. The highest BCUT2D eigenvalue weighted by Crippen LogP contribution is 2.28. The molecule has 1 aromatic rings. The normalized spacial score (nSPS) is 21.7. The topological polar surface area (TPSA) is 32.7 Å². The Hall–Kier alpha value is -0.100. The van der Waals surface area contributed by atoms with Crippen molar-refractivity contribution in [1.82, 2.24) is 4.90 Å². The molecule has 1 saturated heterocycles. The number of aliphatic hydroxyl groups is 1. The maximum atomic E-state index is 10.1. The summed E-state index contributed by atoms with van der Waals surface area (Å²) in [4.78, 5) is 2.33. The van der Waals surface area contributed by atoms with Gasteiger partial charge in [0.25, 0.3) is 0 Å². The Labute approximate surface area is 137 Å². The molecule has 3 nitrogen and oxygen atoms in total. The van der Waals surface area contributed by atoms with E-state index in [4.69, 9.17) is 4.74 Å². The van der Waals surface area contributed by atoms with Gasteiger partial charge >= 0.3 is 0 Å². The zero-order valence-electron chi connectivity index (χ0n) is 11.7. The molecule has 1 aliphatic heterocycles. The molecular formula is C15H21Br2NO2. The van der Waals surface area contributed by atoms with E-state index >= 15 is 0 Å². The van der Waals surface area contributed by atoms with Gasteiger partial charge in [0.15, 0.2) is 0 Å². The Kier molecular flexibility index (Phi) is 6.33. The molecule has 1 aliphatic rings. The van der Waals surface area contributed by atoms with Crippen molar-refractivity contribution in [3.8, 4) is 5.75 Å². The van der Waals surface area contributed by atoms with Gasteiger partial charge in [-0.05, 0) is 59.4 Å². The van der Waals surface area contributed by atoms with Crippen LogP contribution in [0.5, 0.6) is 5.75 Å². The minimum absolute atomic E-state index is 0.325. The largest absolute Gasteiger partial charge is 0.490 e. The molecule has 1 aromatic carbocycles. The third kappa shape index (κ3) is 5.02. The molecule has 0 unspecified atom stereocenters. The van der Waals surface area contributed by atoms with E-state index in [0.717, 1.165) is 33.7 Å². The third-order valence-electron chi connectivity index (χ3n) is 3.54. The molecule has 5 heteroatoms. The molecular weight excluding hydrogens is 386 g/mol. The molecule has 20 heavy (non-hydrogen) atoms. The minimum atomic E-state index is -0.448. The van der Waals surface area contributed by atoms with Gasteiger partial charge in [0.2, 0.25) is 0 Å². The molecule has 112 valence electrons. The summed E-state index contributed by atoms with van der Waals surface area (Å²) in [5.41, 5.74) is 0. The summed E-state index contributed by atoms with van der Waals surface area (Å²) >= 11 is 6.86. The highest BCUT2D eigenvalue weighted by atomic mass is 79.9. The van der Waals surface area contributed by atoms with E-state index in [2.05, 4.69) is 43.7 Å². The van der Waals surface area contributed by atoms with Gasteiger partial charge in [0, 0.05) is 17.6 Å². The number of β-amino-alcohol motifs (C(OH)–C–C–N with tert-alkyl or cyclic N) is 1. The van der Waals surface area contributed by atoms with E-state index in [-0.39, 0.29) is 0 Å². The van der Waals surface area contributed by atoms with Crippen LogP contribution in [0, 0.1) is 5.92 Å². The lowest BCUT2D eigenvalue weighted by Gasteiger charge is -2.32. The first kappa shape index (κ1) is 16.3. The quantitative estimate of drug-likeness (QED) is 0.809. The molecule has 0 aliphatic carbocycles. The van der Waals surface area contributed by atoms with E-state index in [1.165, 1.54) is 12.8 Å². The van der Waals surface area contributed by atoms with Crippen LogP contribution in [0.1, 0.15) is 19.8 Å². The second kappa shape index (κ2) is 7.78. The van der Waals surface area contributed by atoms with Crippen molar-refractivity contribution < 1.29 is 9.84 Å². The van der Waals surface area contributed by atoms with Crippen molar-refractivity contribution in [2.24, 2.45) is 5.92 Å². The van der Waals surface area contributed by atoms with Gasteiger partial charge in [0.05, 0.1) is 4.47 Å². The first-order valence-electron chi connectivity index (χ1n) is 7.03. The number of benzene rings is 1. The summed E-state index contributed by atoms with van der Waals surface area (Å²) < 4.78 is 7.57. The van der Waals surface area contributed by atoms with Crippen molar-refractivity contribution in [1.29, 1.82) is 0 Å². The Bertz CT molecular complexity index is 442. The molecule has 0 aromatic heterocycles. The van der Waals surface area contributed by atoms with E-state index in [9.17, 15) is 5.11 Å². The van der Waals surface area contributed by atoms with Crippen LogP contribution in [0.4, 0.5) is 0 Å². The Morgan fingerprint density at radius 3 is 2.95 bits per heavy atom. The van der Waals surface area contributed by atoms with Gasteiger partial charge in [0.1, 0.15) is 18.5 Å². The van der Waals surface area contributed by atoms with Crippen LogP contribution in [0.15, 0.2) is 27.1 Å². The van der Waals surface area contributed by atoms with Crippen LogP contribution in [0.25, 0.3) is 0 Å². The minimum Gasteiger partial charge on any atom is -0.490 e. The fourth-order valence-corrected chi connectivity index (χ4v) is 3.74. The third-order valence-corrected chi connectivity index (χ3v) is 4.65. The molecule has 0 radical (unpaired) electrons. The van der Waals surface area contributed by atoms with Gasteiger partial charge in [-0.1, -0.05) is 22.9 Å². The summed E-state index contributed by atoms with van der Waals surface area (Å²) in [6.07, 6.45) is 2.08. The first-order chi connectivity index (χ1) is 9.54. The fourth-order valence-electron chi connectivity index (χ4n) is 2.58. The molecule has 0 spiro atoms. The SMILES string of the molecule is C[C@@H]1CCCN(C[C@@H](O)COc2ccc(Br)cc2Br)C1. The lowest BCUT2D eigenvalue weighted by atomic mass is 10.0. The van der Waals surface area contributed by atoms with Crippen LogP contribution in [-0.4, -0.2) is 42.4 Å². The van der Waals surface area contributed by atoms with Gasteiger partial charge in [-0.3, -0.25) is 0 Å². The molecule has 2 rings (SSSR count). The summed E-state index contributed by atoms with van der Waals surface area (Å²) in [5.74, 6) is 1.50. The lowest BCUT2D eigenvalue weighted by Crippen LogP contribution is -2.41. The number of piperidine rings is 1. The van der Waals surface area contributed by atoms with Gasteiger partial charge in [-0.15, -0.1) is 0 Å². The van der Waals surface area contributed by atoms with Crippen LogP contribution >= 0.6 is 31.9 Å². The first-order valence-corrected chi connectivity index (χ1v) is 8.61. The fraction of sp³-hybridized carbons (Fsp3) is 0.600. The molecule has 1 N–H and O–H groups in total. The maximum Gasteiger partial charge on any atom is 0.133 e. The monoisotopic (exact) mass is 405 g/mol. The number of nitrogens with zero attached hydrogens (tertiary/aromatic N) is 1. The average Bonchev–Trinajstić information content (AvgIpc) is 2.37. The van der Waals surface area contributed by atoms with Crippen molar-refractivity contribution >= 4 is 31.9 Å². The van der Waals surface area contributed by atoms with Crippen LogP contribution < -0.4 is 4.74 Å². The maximum absolute atomic E-state index is 10.1. The summed E-state index contributed by atoms with van der Waals surface area (Å²) in [5, 5.41) is 10.1. The van der Waals surface area contributed by atoms with E-state index < -0.39 is 6.10 Å². The van der Waals surface area contributed by atoms with Gasteiger partial charge in [-0.25, -0.2) is 0 Å². The zero-order valence-corrected chi connectivity index (χ0v) is 14.9. The number of halogens is 2. The summed E-state index contributed by atoms with van der Waals surface area (Å²) in [6.45, 7) is 5.46. The summed E-state index contributed by atoms with van der Waals surface area (Å²) in [7, 11) is 0. The average molecular weight is 407 g/mol. The van der Waals surface area contributed by atoms with Crippen LogP contribution in [0.2, 0.25) is 0 Å². The predicted octanol–water partition coefficient (Wildman–Crippen LogP) is 3.68. The molecule has 0 saturated carbocycles. The molecule has 0 bridgehead atoms. The number of hydrogen-bond acceptors (Lipinski definition) is 3. The smallest absolute Gasteiger partial charge is 0.133 e. The van der Waals surface area contributed by atoms with Crippen molar-refractivity contribution in [2.45, 2.75) is 25.9 Å². The van der Waals surface area contributed by atoms with Crippen molar-refractivity contribution in [3.05, 3.63) is 27.1 Å². The number of hydrogen-bond donors (Lipinski definition) is 1. The summed E-state index contributed by atoms with van der Waals surface area (Å²) in [6, 6.07) is 5.76. The second-order valence-corrected chi connectivity index (χ2v) is 7.32. The zero-order chi connectivity index (χ0) is 14.5. The van der Waals surface area contributed by atoms with E-state index in [0.29, 0.717) is 13.2 Å². The molecule has 1 fully saturated rings. The number of aliphatic hydroxyl groups excluding tert-OH is 1. The van der Waals surface area contributed by atoms with Crippen LogP contribution in [-0.2, 0) is 0 Å². The Morgan fingerprint density at radius 2 is 2.25 bits per heavy atom. The standard InChI is InChI=1S/C15H21Br2NO2/c1-11-3-2-6-18(8-11)9-13(19)10-20-15-5-4-12(16)7-14(15)17/h4-5,7,11,13,19H,2-3,6,8-10H2,1H3/t11-,13-/m1/s1. The number of likely N-dealkylation sites (tertiary alicyclic amines) is 1. The van der Waals surface area contributed by atoms with Gasteiger partial charge in [-0.2, -0.15) is 0 Å². The van der Waals surface area contributed by atoms with Crippen molar-refractivity contribution in [2.75, 3.05) is 26.2 Å². The second-order valence-electron chi connectivity index (χ2n) is 5.55. The molecule has 2 atom stereocenters. The number of ether oxygens (including phenoxy) is 1. The van der Waals surface area contributed by atoms with Crippen LogP contribution in [0.3, 0.4) is 0 Å². The highest BCUT2D eigenvalue weighted by molar-refractivity contribution is 9.11. The Balaban J connectivity index is 1.78. The van der Waals surface area contributed by atoms with Gasteiger partial charge < -0.3 is 14.7 Å². The molecule has 1 heterocycles. The predicted molar refractivity (Wildman–Crippen MR) is 88.2 cm³/mol. The highest BCUT2D eigenvalue weighted by Gasteiger charge is 2.19. The number of rotatable bonds is 5. The van der Waals surface area contributed by atoms with E-state index in [1.54, 1.807) is 0 Å². The Morgan fingerprint density at radius 1 is 1.45 bits per heavy atom. The van der Waals surface area contributed by atoms with E-state index in [1.807, 2.05) is 18.2 Å². The van der Waals surface area contributed by atoms with Crippen molar-refractivity contribution in [3.63, 3.8) is 0 Å².